The number of carboxylic acid groups (broad SMARTS) is 2. The number of para-hydroxylation sites is 2. The van der Waals surface area contributed by atoms with Gasteiger partial charge < -0.3 is 39.2 Å². The average molecular weight is 679 g/mol. The molecule has 0 bridgehead atoms. The fourth-order valence-corrected chi connectivity index (χ4v) is 4.13. The lowest BCUT2D eigenvalue weighted by Crippen LogP contribution is -2.14. The maximum Gasteiger partial charge on any atom is 0.344 e. The van der Waals surface area contributed by atoms with Gasteiger partial charge in [0.25, 0.3) is 0 Å². The molecule has 0 heterocycles. The van der Waals surface area contributed by atoms with E-state index < -0.39 is 17.9 Å². The second kappa shape index (κ2) is 18.4. The van der Waals surface area contributed by atoms with Crippen molar-refractivity contribution in [2.45, 2.75) is 6.61 Å². The molecule has 0 amide bonds. The topological polar surface area (TPSA) is 167 Å². The van der Waals surface area contributed by atoms with Crippen molar-refractivity contribution in [2.75, 3.05) is 13.2 Å². The Labute approximate surface area is 286 Å². The van der Waals surface area contributed by atoms with Gasteiger partial charge in [0.2, 0.25) is 0 Å². The molecule has 0 aliphatic heterocycles. The van der Waals surface area contributed by atoms with Gasteiger partial charge in [-0.15, -0.1) is 0 Å². The molecule has 12 heteroatoms. The van der Waals surface area contributed by atoms with E-state index in [9.17, 15) is 24.6 Å². The first kappa shape index (κ1) is 35.9. The van der Waals surface area contributed by atoms with Crippen molar-refractivity contribution in [3.8, 4) is 47.0 Å². The number of aromatic carboxylic acids is 2. The van der Waals surface area contributed by atoms with Gasteiger partial charge in [0, 0.05) is 0 Å². The van der Waals surface area contributed by atoms with Crippen LogP contribution in [0.25, 0.3) is 0 Å². The smallest absolute Gasteiger partial charge is 0.344 e. The second-order valence-corrected chi connectivity index (χ2v) is 9.91. The van der Waals surface area contributed by atoms with Crippen LogP contribution < -0.4 is 23.8 Å². The highest BCUT2D eigenvalue weighted by Gasteiger charge is 2.20. The number of benzene rings is 5. The molecule has 0 fully saturated rings. The first-order chi connectivity index (χ1) is 24.2. The molecular formula is C38H30O12. The van der Waals surface area contributed by atoms with Gasteiger partial charge in [0.05, 0.1) is 16.7 Å². The normalized spacial score (nSPS) is 9.98. The number of terminal acetylenes is 1. The summed E-state index contributed by atoms with van der Waals surface area (Å²) in [5.74, 6) is -1.63. The third-order valence-corrected chi connectivity index (χ3v) is 6.45. The average Bonchev–Trinajstić information content (AvgIpc) is 3.12. The molecule has 50 heavy (non-hydrogen) atoms. The van der Waals surface area contributed by atoms with Gasteiger partial charge in [0.15, 0.2) is 5.75 Å². The lowest BCUT2D eigenvalue weighted by atomic mass is 10.1. The number of phenols is 1. The van der Waals surface area contributed by atoms with Crippen molar-refractivity contribution in [3.63, 3.8) is 0 Å². The number of hydrogen-bond acceptors (Lipinski definition) is 10. The van der Waals surface area contributed by atoms with E-state index in [4.69, 9.17) is 40.3 Å². The first-order valence-electron chi connectivity index (χ1n) is 14.8. The molecule has 254 valence electrons. The van der Waals surface area contributed by atoms with Crippen LogP contribution in [-0.2, 0) is 11.5 Å². The van der Waals surface area contributed by atoms with Crippen molar-refractivity contribution in [2.24, 2.45) is 0 Å². The van der Waals surface area contributed by atoms with Crippen molar-refractivity contribution in [1.29, 1.82) is 0 Å². The van der Waals surface area contributed by atoms with E-state index in [0.717, 1.165) is 6.07 Å². The van der Waals surface area contributed by atoms with Gasteiger partial charge in [-0.3, -0.25) is 0 Å². The van der Waals surface area contributed by atoms with Gasteiger partial charge in [-0.2, -0.15) is 4.89 Å². The minimum Gasteiger partial charge on any atom is -0.508 e. The second-order valence-electron chi connectivity index (χ2n) is 9.91. The summed E-state index contributed by atoms with van der Waals surface area (Å²) in [6, 6.07) is 31.9. The van der Waals surface area contributed by atoms with Crippen molar-refractivity contribution >= 4 is 17.9 Å². The number of carboxylic acids is 2. The van der Waals surface area contributed by atoms with Crippen LogP contribution in [0.15, 0.2) is 121 Å². The predicted octanol–water partition coefficient (Wildman–Crippen LogP) is 6.63. The van der Waals surface area contributed by atoms with Crippen molar-refractivity contribution in [1.82, 2.24) is 0 Å². The molecule has 5 aromatic carbocycles. The standard InChI is InChI=1S/C32H24O11.C6H6O/c1-2-38-25-14-15-27(29(19-25)31(35)36)32(37)42-23-10-12-24(13-11-23)43-41-20-21-8-9-26(18-28(21)30(33)34)40-17-16-39-22-6-4-3-5-7-22;7-6-4-2-1-3-5-6/h1,3-15,18-19H,16-17,20H2,(H,33,34)(H,35,36);1-5,7H. The van der Waals surface area contributed by atoms with Crippen LogP contribution in [0.5, 0.6) is 34.5 Å². The molecule has 5 aromatic rings. The summed E-state index contributed by atoms with van der Waals surface area (Å²) in [4.78, 5) is 46.4. The molecule has 5 rings (SSSR count). The molecule has 0 saturated heterocycles. The molecule has 0 radical (unpaired) electrons. The lowest BCUT2D eigenvalue weighted by Gasteiger charge is -2.12. The number of phenolic OH excluding ortho intramolecular Hbond substituents is 1. The van der Waals surface area contributed by atoms with E-state index in [-0.39, 0.29) is 53.8 Å². The Balaban J connectivity index is 0.000000714. The molecule has 0 spiro atoms. The summed E-state index contributed by atoms with van der Waals surface area (Å²) in [6.45, 7) is 0.308. The highest BCUT2D eigenvalue weighted by atomic mass is 17.2. The highest BCUT2D eigenvalue weighted by molar-refractivity contribution is 6.03. The third-order valence-electron chi connectivity index (χ3n) is 6.45. The number of esters is 1. The summed E-state index contributed by atoms with van der Waals surface area (Å²) in [5.41, 5.74) is -0.221. The Morgan fingerprint density at radius 1 is 0.600 bits per heavy atom. The highest BCUT2D eigenvalue weighted by Crippen LogP contribution is 2.24. The van der Waals surface area contributed by atoms with E-state index in [2.05, 4.69) is 0 Å². The lowest BCUT2D eigenvalue weighted by molar-refractivity contribution is -0.217. The first-order valence-corrected chi connectivity index (χ1v) is 14.8. The molecule has 0 saturated carbocycles. The van der Waals surface area contributed by atoms with Crippen LogP contribution >= 0.6 is 0 Å². The molecule has 0 aliphatic rings. The zero-order chi connectivity index (χ0) is 35.7. The Bertz CT molecular complexity index is 1920. The van der Waals surface area contributed by atoms with E-state index in [1.807, 2.05) is 42.5 Å². The Hall–Kier alpha value is -6.97. The quantitative estimate of drug-likeness (QED) is 0.0287. The molecular weight excluding hydrogens is 648 g/mol. The van der Waals surface area contributed by atoms with Gasteiger partial charge >= 0.3 is 17.9 Å². The van der Waals surface area contributed by atoms with Gasteiger partial charge in [-0.05, 0) is 84.4 Å². The Kier molecular flexibility index (Phi) is 13.2. The van der Waals surface area contributed by atoms with Gasteiger partial charge in [-0.1, -0.05) is 48.9 Å². The fraction of sp³-hybridized carbons (Fsp3) is 0.0789. The number of hydrogen-bond donors (Lipinski definition) is 3. The molecule has 12 nitrogen and oxygen atoms in total. The van der Waals surface area contributed by atoms with Crippen LogP contribution in [0, 0.1) is 12.5 Å². The molecule has 0 aliphatic carbocycles. The number of carbonyl (C=O) groups is 3. The molecule has 0 aromatic heterocycles. The fourth-order valence-electron chi connectivity index (χ4n) is 4.13. The summed E-state index contributed by atoms with van der Waals surface area (Å²) in [6.07, 6.45) is 6.98. The number of aromatic hydroxyl groups is 1. The van der Waals surface area contributed by atoms with Crippen molar-refractivity contribution in [3.05, 3.63) is 144 Å². The van der Waals surface area contributed by atoms with Gasteiger partial charge in [0.1, 0.15) is 54.7 Å². The SMILES string of the molecule is C#COc1ccc(C(=O)Oc2ccc(OOCc3ccc(OCCOc4ccccc4)cc3C(=O)O)cc2)c(C(=O)O)c1.Oc1ccccc1. The molecule has 3 N–H and O–H groups in total. The van der Waals surface area contributed by atoms with E-state index in [1.165, 1.54) is 42.5 Å². The van der Waals surface area contributed by atoms with Gasteiger partial charge in [-0.25, -0.2) is 14.4 Å². The minimum atomic E-state index is -1.36. The summed E-state index contributed by atoms with van der Waals surface area (Å²) in [7, 11) is 0. The Morgan fingerprint density at radius 2 is 1.16 bits per heavy atom. The predicted molar refractivity (Wildman–Crippen MR) is 179 cm³/mol. The van der Waals surface area contributed by atoms with Crippen LogP contribution in [0.3, 0.4) is 0 Å². The zero-order valence-electron chi connectivity index (χ0n) is 26.3. The number of rotatable bonds is 14. The largest absolute Gasteiger partial charge is 0.508 e. The van der Waals surface area contributed by atoms with E-state index >= 15 is 0 Å². The maximum absolute atomic E-state index is 12.6. The molecule has 0 unspecified atom stereocenters. The number of carbonyl (C=O) groups excluding carboxylic acids is 1. The van der Waals surface area contributed by atoms with Crippen LogP contribution in [0.2, 0.25) is 0 Å². The summed E-state index contributed by atoms with van der Waals surface area (Å²) >= 11 is 0. The minimum absolute atomic E-state index is 0.0213. The van der Waals surface area contributed by atoms with Crippen LogP contribution in [0.4, 0.5) is 0 Å². The molecule has 0 atom stereocenters. The zero-order valence-corrected chi connectivity index (χ0v) is 26.3. The third kappa shape index (κ3) is 11.1. The maximum atomic E-state index is 12.6. The summed E-state index contributed by atoms with van der Waals surface area (Å²) in [5, 5.41) is 27.7. The monoisotopic (exact) mass is 678 g/mol. The summed E-state index contributed by atoms with van der Waals surface area (Å²) < 4.78 is 21.3. The van der Waals surface area contributed by atoms with E-state index in [0.29, 0.717) is 22.8 Å². The van der Waals surface area contributed by atoms with Crippen LogP contribution in [-0.4, -0.2) is 46.4 Å². The number of ether oxygens (including phenoxy) is 4. The Morgan fingerprint density at radius 3 is 1.76 bits per heavy atom. The van der Waals surface area contributed by atoms with E-state index in [1.54, 1.807) is 36.4 Å². The van der Waals surface area contributed by atoms with Crippen LogP contribution in [0.1, 0.15) is 36.6 Å². The van der Waals surface area contributed by atoms with Crippen molar-refractivity contribution < 1.29 is 58.4 Å².